The van der Waals surface area contributed by atoms with Gasteiger partial charge < -0.3 is 0 Å². The third-order valence-corrected chi connectivity index (χ3v) is 4.89. The summed E-state index contributed by atoms with van der Waals surface area (Å²) in [5.74, 6) is -0.359. The smallest absolute Gasteiger partial charge is 0.282 e. The van der Waals surface area contributed by atoms with Crippen LogP contribution in [0, 0.1) is 0 Å². The van der Waals surface area contributed by atoms with Crippen molar-refractivity contribution in [2.24, 2.45) is 0 Å². The number of carbonyl (C=O) groups excluding carboxylic acids is 2. The molecule has 2 amide bonds. The zero-order valence-electron chi connectivity index (χ0n) is 11.6. The molecule has 0 spiro atoms. The molecular weight excluding hydrogens is 330 g/mol. The Labute approximate surface area is 139 Å². The maximum Gasteiger partial charge on any atom is 0.290 e. The number of carbonyl (C=O) groups is 2. The van der Waals surface area contributed by atoms with Gasteiger partial charge in [0.1, 0.15) is 6.33 Å². The van der Waals surface area contributed by atoms with E-state index in [1.54, 1.807) is 23.7 Å². The van der Waals surface area contributed by atoms with E-state index in [0.29, 0.717) is 4.91 Å². The molecule has 0 atom stereocenters. The van der Waals surface area contributed by atoms with Crippen LogP contribution < -0.4 is 5.32 Å². The summed E-state index contributed by atoms with van der Waals surface area (Å²) in [4.78, 5) is 32.0. The second-order valence-corrected chi connectivity index (χ2v) is 6.66. The largest absolute Gasteiger partial charge is 0.290 e. The Morgan fingerprint density at radius 1 is 1.13 bits per heavy atom. The maximum atomic E-state index is 11.7. The lowest BCUT2D eigenvalue weighted by atomic mass is 10.1. The highest BCUT2D eigenvalue weighted by atomic mass is 32.2. The fraction of sp³-hybridized carbons (Fsp3) is 0. The molecule has 1 saturated heterocycles. The van der Waals surface area contributed by atoms with E-state index >= 15 is 0 Å². The molecule has 2 aromatic heterocycles. The van der Waals surface area contributed by atoms with Crippen LogP contribution in [0.15, 0.2) is 46.3 Å². The van der Waals surface area contributed by atoms with Gasteiger partial charge in [-0.25, -0.2) is 9.97 Å². The van der Waals surface area contributed by atoms with Gasteiger partial charge in [-0.05, 0) is 47.0 Å². The van der Waals surface area contributed by atoms with E-state index in [4.69, 9.17) is 0 Å². The summed E-state index contributed by atoms with van der Waals surface area (Å²) in [5.41, 5.74) is 3.56. The van der Waals surface area contributed by atoms with Gasteiger partial charge in [0.2, 0.25) is 0 Å². The van der Waals surface area contributed by atoms with Crippen molar-refractivity contribution < 1.29 is 9.59 Å². The van der Waals surface area contributed by atoms with E-state index in [-0.39, 0.29) is 11.1 Å². The zero-order chi connectivity index (χ0) is 15.8. The van der Waals surface area contributed by atoms with Crippen molar-refractivity contribution in [1.29, 1.82) is 0 Å². The van der Waals surface area contributed by atoms with Gasteiger partial charge in [0.05, 0.1) is 16.1 Å². The number of benzene rings is 1. The fourth-order valence-corrected chi connectivity index (χ4v) is 3.69. The first kappa shape index (κ1) is 14.1. The van der Waals surface area contributed by atoms with Crippen LogP contribution in [0.5, 0.6) is 0 Å². The molecule has 3 heterocycles. The average Bonchev–Trinajstić information content (AvgIpc) is 3.17. The molecule has 1 N–H and O–H groups in total. The minimum atomic E-state index is -0.359. The van der Waals surface area contributed by atoms with Gasteiger partial charge in [0.15, 0.2) is 0 Å². The summed E-state index contributed by atoms with van der Waals surface area (Å²) < 4.78 is 0. The second kappa shape index (κ2) is 5.60. The highest BCUT2D eigenvalue weighted by Gasteiger charge is 2.24. The highest BCUT2D eigenvalue weighted by Crippen LogP contribution is 2.30. The van der Waals surface area contributed by atoms with Crippen LogP contribution in [0.3, 0.4) is 0 Å². The molecule has 5 nitrogen and oxygen atoms in total. The lowest BCUT2D eigenvalue weighted by Crippen LogP contribution is -2.17. The fourth-order valence-electron chi connectivity index (χ4n) is 2.37. The molecule has 0 unspecified atom stereocenters. The third kappa shape index (κ3) is 2.64. The summed E-state index contributed by atoms with van der Waals surface area (Å²) in [6.07, 6.45) is 3.25. The molecule has 0 bridgehead atoms. The summed E-state index contributed by atoms with van der Waals surface area (Å²) in [7, 11) is 0. The molecule has 1 aromatic carbocycles. The number of imide groups is 1. The van der Waals surface area contributed by atoms with Crippen LogP contribution >= 0.6 is 23.1 Å². The number of thiophene rings is 1. The molecule has 112 valence electrons. The second-order valence-electron chi connectivity index (χ2n) is 4.86. The molecule has 3 aromatic rings. The number of hydrogen-bond donors (Lipinski definition) is 1. The SMILES string of the molecule is O=C1NC(=O)C(=Cc2ccc3ncnc(-c4ccsc4)c3c2)S1. The van der Waals surface area contributed by atoms with Crippen molar-refractivity contribution in [3.8, 4) is 11.3 Å². The predicted octanol–water partition coefficient (Wildman–Crippen LogP) is 3.68. The predicted molar refractivity (Wildman–Crippen MR) is 92.0 cm³/mol. The summed E-state index contributed by atoms with van der Waals surface area (Å²) in [6, 6.07) is 7.71. The van der Waals surface area contributed by atoms with E-state index in [0.717, 1.165) is 39.5 Å². The van der Waals surface area contributed by atoms with Gasteiger partial charge >= 0.3 is 0 Å². The minimum absolute atomic E-state index is 0.343. The molecule has 23 heavy (non-hydrogen) atoms. The zero-order valence-corrected chi connectivity index (χ0v) is 13.3. The van der Waals surface area contributed by atoms with Crippen LogP contribution in [0.25, 0.3) is 28.2 Å². The number of rotatable bonds is 2. The molecular formula is C16H9N3O2S2. The number of amides is 2. The van der Waals surface area contributed by atoms with Gasteiger partial charge in [-0.1, -0.05) is 6.07 Å². The van der Waals surface area contributed by atoms with E-state index in [2.05, 4.69) is 15.3 Å². The summed E-state index contributed by atoms with van der Waals surface area (Å²) in [5, 5.41) is 6.85. The van der Waals surface area contributed by atoms with Crippen LogP contribution in [0.4, 0.5) is 4.79 Å². The van der Waals surface area contributed by atoms with Crippen LogP contribution in [0.1, 0.15) is 5.56 Å². The summed E-state index contributed by atoms with van der Waals surface area (Å²) >= 11 is 2.52. The number of fused-ring (bicyclic) bond motifs is 1. The Morgan fingerprint density at radius 3 is 2.78 bits per heavy atom. The van der Waals surface area contributed by atoms with Crippen molar-refractivity contribution >= 4 is 51.2 Å². The number of aromatic nitrogens is 2. The van der Waals surface area contributed by atoms with Crippen molar-refractivity contribution in [3.05, 3.63) is 51.8 Å². The van der Waals surface area contributed by atoms with Gasteiger partial charge in [0, 0.05) is 16.3 Å². The van der Waals surface area contributed by atoms with Gasteiger partial charge in [-0.15, -0.1) is 0 Å². The van der Waals surface area contributed by atoms with Crippen molar-refractivity contribution in [2.75, 3.05) is 0 Å². The van der Waals surface area contributed by atoms with E-state index < -0.39 is 0 Å². The molecule has 7 heteroatoms. The van der Waals surface area contributed by atoms with E-state index in [1.807, 2.05) is 35.0 Å². The first-order valence-electron chi connectivity index (χ1n) is 6.73. The van der Waals surface area contributed by atoms with Gasteiger partial charge in [-0.2, -0.15) is 11.3 Å². The monoisotopic (exact) mass is 339 g/mol. The Kier molecular flexibility index (Phi) is 3.44. The van der Waals surface area contributed by atoms with Crippen molar-refractivity contribution in [3.63, 3.8) is 0 Å². The van der Waals surface area contributed by atoms with Crippen molar-refractivity contribution in [2.45, 2.75) is 0 Å². The number of nitrogens with one attached hydrogen (secondary N) is 1. The topological polar surface area (TPSA) is 72.0 Å². The molecule has 1 aliphatic rings. The maximum absolute atomic E-state index is 11.7. The number of thioether (sulfide) groups is 1. The molecule has 0 aliphatic carbocycles. The quantitative estimate of drug-likeness (QED) is 0.721. The van der Waals surface area contributed by atoms with Gasteiger partial charge in [-0.3, -0.25) is 14.9 Å². The van der Waals surface area contributed by atoms with Gasteiger partial charge in [0.25, 0.3) is 11.1 Å². The normalized spacial score (nSPS) is 16.3. The lowest BCUT2D eigenvalue weighted by Gasteiger charge is -2.04. The Bertz CT molecular complexity index is 965. The van der Waals surface area contributed by atoms with E-state index in [1.165, 1.54) is 0 Å². The number of hydrogen-bond acceptors (Lipinski definition) is 6. The highest BCUT2D eigenvalue weighted by molar-refractivity contribution is 8.18. The van der Waals surface area contributed by atoms with Crippen LogP contribution in [0.2, 0.25) is 0 Å². The molecule has 0 saturated carbocycles. The lowest BCUT2D eigenvalue weighted by molar-refractivity contribution is -0.115. The Hall–Kier alpha value is -2.51. The molecule has 0 radical (unpaired) electrons. The van der Waals surface area contributed by atoms with E-state index in [9.17, 15) is 9.59 Å². The molecule has 1 fully saturated rings. The molecule has 1 aliphatic heterocycles. The van der Waals surface area contributed by atoms with Crippen LogP contribution in [-0.2, 0) is 4.79 Å². The minimum Gasteiger partial charge on any atom is -0.282 e. The third-order valence-electron chi connectivity index (χ3n) is 3.39. The van der Waals surface area contributed by atoms with Crippen molar-refractivity contribution in [1.82, 2.24) is 15.3 Å². The Balaban J connectivity index is 1.84. The first-order chi connectivity index (χ1) is 11.2. The first-order valence-corrected chi connectivity index (χ1v) is 8.49. The average molecular weight is 339 g/mol. The van der Waals surface area contributed by atoms with Crippen LogP contribution in [-0.4, -0.2) is 21.1 Å². The molecule has 4 rings (SSSR count). The standard InChI is InChI=1S/C16H9N3O2S2/c20-15-13(23-16(21)19-15)6-9-1-2-12-11(5-9)14(18-8-17-12)10-3-4-22-7-10/h1-8H,(H,19,20,21). The Morgan fingerprint density at radius 2 is 2.04 bits per heavy atom. The number of nitrogens with zero attached hydrogens (tertiary/aromatic N) is 2. The summed E-state index contributed by atoms with van der Waals surface area (Å²) in [6.45, 7) is 0.